The topological polar surface area (TPSA) is 255 Å². The van der Waals surface area contributed by atoms with Crippen molar-refractivity contribution >= 4 is 16.9 Å². The first-order chi connectivity index (χ1) is 20.8. The zero-order valence-electron chi connectivity index (χ0n) is 23.1. The van der Waals surface area contributed by atoms with Crippen LogP contribution in [0.4, 0.5) is 0 Å². The summed E-state index contributed by atoms with van der Waals surface area (Å²) in [5.41, 5.74) is -0.522. The van der Waals surface area contributed by atoms with E-state index in [0.29, 0.717) is 5.56 Å². The summed E-state index contributed by atoms with van der Waals surface area (Å²) in [6, 6.07) is 7.62. The quantitative estimate of drug-likeness (QED) is 0.152. The molecule has 0 radical (unpaired) electrons. The molecule has 16 nitrogen and oxygen atoms in total. The highest BCUT2D eigenvalue weighted by molar-refractivity contribution is 5.86. The molecule has 44 heavy (non-hydrogen) atoms. The zero-order chi connectivity index (χ0) is 32.0. The summed E-state index contributed by atoms with van der Waals surface area (Å²) >= 11 is 0. The molecule has 5 rings (SSSR count). The van der Waals surface area contributed by atoms with Crippen molar-refractivity contribution in [2.75, 3.05) is 7.11 Å². The number of carboxylic acid groups (broad SMARTS) is 1. The van der Waals surface area contributed by atoms with E-state index in [4.69, 9.17) is 28.1 Å². The van der Waals surface area contributed by atoms with E-state index in [1.165, 1.54) is 38.3 Å². The number of aliphatic hydroxyl groups is 6. The molecular weight excluding hydrogens is 592 g/mol. The zero-order valence-corrected chi connectivity index (χ0v) is 23.1. The Balaban J connectivity index is 1.44. The third kappa shape index (κ3) is 5.76. The number of phenols is 1. The lowest BCUT2D eigenvalue weighted by molar-refractivity contribution is -0.271. The van der Waals surface area contributed by atoms with Gasteiger partial charge in [-0.15, -0.1) is 0 Å². The summed E-state index contributed by atoms with van der Waals surface area (Å²) in [5, 5.41) is 80.0. The minimum Gasteiger partial charge on any atom is -0.507 e. The van der Waals surface area contributed by atoms with Gasteiger partial charge in [0, 0.05) is 23.8 Å². The van der Waals surface area contributed by atoms with Gasteiger partial charge in [-0.05, 0) is 25.1 Å². The van der Waals surface area contributed by atoms with Crippen LogP contribution in [0.2, 0.25) is 0 Å². The fourth-order valence-electron chi connectivity index (χ4n) is 4.89. The molecule has 2 aromatic carbocycles. The Morgan fingerprint density at radius 3 is 2.11 bits per heavy atom. The summed E-state index contributed by atoms with van der Waals surface area (Å²) in [5.74, 6) is -2.22. The van der Waals surface area contributed by atoms with E-state index in [1.54, 1.807) is 0 Å². The highest BCUT2D eigenvalue weighted by Gasteiger charge is 2.48. The monoisotopic (exact) mass is 622 g/mol. The molecule has 0 saturated carbocycles. The number of methoxy groups -OCH3 is 1. The lowest BCUT2D eigenvalue weighted by Crippen LogP contribution is -2.61. The number of phenolic OH excluding ortho intramolecular Hbond substituents is 1. The number of rotatable bonds is 7. The van der Waals surface area contributed by atoms with Crippen LogP contribution >= 0.6 is 0 Å². The fraction of sp³-hybridized carbons (Fsp3) is 0.429. The molecular formula is C28H30O16. The van der Waals surface area contributed by atoms with Gasteiger partial charge in [0.25, 0.3) is 0 Å². The van der Waals surface area contributed by atoms with Crippen LogP contribution in [0, 0.1) is 0 Å². The second-order valence-corrected chi connectivity index (χ2v) is 10.3. The van der Waals surface area contributed by atoms with E-state index in [-0.39, 0.29) is 34.0 Å². The predicted octanol–water partition coefficient (Wildman–Crippen LogP) is -1.35. The SMILES string of the molecule is COc1cc(-c2cc(=O)c3c(O)cc(O[C@@H]4O[C@H](C(=O)O)[C@@H](O)[C@H](O)[C@H]4O)cc3o2)ccc1O[C@@H]1O[C@H](C)[C@H](O)[C@@H](O)[C@@H]1O. The Morgan fingerprint density at radius 1 is 0.795 bits per heavy atom. The lowest BCUT2D eigenvalue weighted by Gasteiger charge is -2.39. The summed E-state index contributed by atoms with van der Waals surface area (Å²) < 4.78 is 33.0. The van der Waals surface area contributed by atoms with Crippen molar-refractivity contribution in [3.63, 3.8) is 0 Å². The number of hydrogen-bond acceptors (Lipinski definition) is 15. The van der Waals surface area contributed by atoms with Crippen LogP contribution in [0.25, 0.3) is 22.3 Å². The van der Waals surface area contributed by atoms with Crippen molar-refractivity contribution in [2.45, 2.75) is 68.3 Å². The Bertz CT molecular complexity index is 1590. The minimum absolute atomic E-state index is 0.00320. The molecule has 2 fully saturated rings. The van der Waals surface area contributed by atoms with Crippen LogP contribution in [-0.2, 0) is 14.3 Å². The molecule has 0 unspecified atom stereocenters. The van der Waals surface area contributed by atoms with Crippen LogP contribution in [-0.4, -0.2) is 115 Å². The summed E-state index contributed by atoms with van der Waals surface area (Å²) in [6.45, 7) is 1.50. The number of carbonyl (C=O) groups is 1. The number of aromatic hydroxyl groups is 1. The largest absolute Gasteiger partial charge is 0.507 e. The predicted molar refractivity (Wildman–Crippen MR) is 144 cm³/mol. The molecule has 10 atom stereocenters. The van der Waals surface area contributed by atoms with Crippen molar-refractivity contribution in [2.24, 2.45) is 0 Å². The van der Waals surface area contributed by atoms with Gasteiger partial charge < -0.3 is 69.0 Å². The molecule has 2 saturated heterocycles. The van der Waals surface area contributed by atoms with E-state index in [2.05, 4.69) is 0 Å². The van der Waals surface area contributed by atoms with E-state index in [1.807, 2.05) is 0 Å². The molecule has 0 amide bonds. The Hall–Kier alpha value is -4.00. The van der Waals surface area contributed by atoms with Crippen LogP contribution < -0.4 is 19.6 Å². The maximum atomic E-state index is 13.0. The Morgan fingerprint density at radius 2 is 1.45 bits per heavy atom. The van der Waals surface area contributed by atoms with Gasteiger partial charge in [0.15, 0.2) is 23.0 Å². The van der Waals surface area contributed by atoms with E-state index >= 15 is 0 Å². The van der Waals surface area contributed by atoms with Gasteiger partial charge in [-0.2, -0.15) is 0 Å². The maximum Gasteiger partial charge on any atom is 0.335 e. The first-order valence-corrected chi connectivity index (χ1v) is 13.3. The van der Waals surface area contributed by atoms with Crippen LogP contribution in [0.5, 0.6) is 23.0 Å². The number of hydrogen-bond donors (Lipinski definition) is 8. The first kappa shape index (κ1) is 31.4. The minimum atomic E-state index is -1.94. The van der Waals surface area contributed by atoms with E-state index < -0.39 is 78.6 Å². The number of fused-ring (bicyclic) bond motifs is 1. The third-order valence-electron chi connectivity index (χ3n) is 7.35. The molecule has 238 valence electrons. The number of benzene rings is 2. The summed E-state index contributed by atoms with van der Waals surface area (Å²) in [4.78, 5) is 24.4. The first-order valence-electron chi connectivity index (χ1n) is 13.3. The molecule has 0 aliphatic carbocycles. The molecule has 8 N–H and O–H groups in total. The highest BCUT2D eigenvalue weighted by atomic mass is 16.7. The Labute approximate surface area is 247 Å². The molecule has 16 heteroatoms. The van der Waals surface area contributed by atoms with Gasteiger partial charge in [-0.25, -0.2) is 4.79 Å². The van der Waals surface area contributed by atoms with E-state index in [9.17, 15) is 50.4 Å². The molecule has 2 aliphatic rings. The molecule has 0 spiro atoms. The Kier molecular flexibility index (Phi) is 8.70. The molecule has 1 aromatic heterocycles. The molecule has 0 bridgehead atoms. The maximum absolute atomic E-state index is 13.0. The smallest absolute Gasteiger partial charge is 0.335 e. The normalized spacial score (nSPS) is 32.3. The second kappa shape index (κ2) is 12.2. The van der Waals surface area contributed by atoms with Crippen molar-refractivity contribution in [1.29, 1.82) is 0 Å². The molecule has 3 heterocycles. The highest BCUT2D eigenvalue weighted by Crippen LogP contribution is 2.37. The van der Waals surface area contributed by atoms with Crippen LogP contribution in [0.15, 0.2) is 45.6 Å². The number of aliphatic hydroxyl groups excluding tert-OH is 6. The fourth-order valence-corrected chi connectivity index (χ4v) is 4.89. The second-order valence-electron chi connectivity index (χ2n) is 10.3. The number of ether oxygens (including phenoxy) is 5. The van der Waals surface area contributed by atoms with Gasteiger partial charge >= 0.3 is 5.97 Å². The standard InChI is InChI=1S/C28H30O16/c1-9-19(31)20(32)23(35)27(40-9)43-14-4-3-10(5-16(14)39-2)15-8-13(30)18-12(29)6-11(7-17(18)42-15)41-28-24(36)21(33)22(34)25(44-28)26(37)38/h3-9,19-25,27-29,31-36H,1-2H3,(H,37,38)/t9-,19+,20-,21+,22+,23+,24-,25+,27+,28-/m1/s1. The van der Waals surface area contributed by atoms with Gasteiger partial charge in [-0.1, -0.05) is 0 Å². The molecule has 2 aliphatic heterocycles. The van der Waals surface area contributed by atoms with Crippen molar-refractivity contribution in [3.05, 3.63) is 46.6 Å². The average Bonchev–Trinajstić information content (AvgIpc) is 2.98. The number of carboxylic acids is 1. The third-order valence-corrected chi connectivity index (χ3v) is 7.35. The number of aliphatic carboxylic acids is 1. The average molecular weight is 623 g/mol. The van der Waals surface area contributed by atoms with Crippen molar-refractivity contribution < 1.29 is 73.7 Å². The van der Waals surface area contributed by atoms with Gasteiger partial charge in [0.2, 0.25) is 12.6 Å². The molecule has 3 aromatic rings. The van der Waals surface area contributed by atoms with E-state index in [0.717, 1.165) is 12.1 Å². The van der Waals surface area contributed by atoms with Gasteiger partial charge in [0.1, 0.15) is 64.9 Å². The summed E-state index contributed by atoms with van der Waals surface area (Å²) in [7, 11) is 1.33. The van der Waals surface area contributed by atoms with Crippen LogP contribution in [0.1, 0.15) is 6.92 Å². The van der Waals surface area contributed by atoms with Gasteiger partial charge in [-0.3, -0.25) is 4.79 Å². The van der Waals surface area contributed by atoms with Crippen LogP contribution in [0.3, 0.4) is 0 Å². The summed E-state index contributed by atoms with van der Waals surface area (Å²) in [6.07, 6.45) is -16.0. The van der Waals surface area contributed by atoms with Crippen molar-refractivity contribution in [3.8, 4) is 34.3 Å². The lowest BCUT2D eigenvalue weighted by atomic mass is 9.99. The van der Waals surface area contributed by atoms with Gasteiger partial charge in [0.05, 0.1) is 13.2 Å². The van der Waals surface area contributed by atoms with Crippen molar-refractivity contribution in [1.82, 2.24) is 0 Å².